The molecule has 4 nitrogen and oxygen atoms in total. The van der Waals surface area contributed by atoms with Crippen molar-refractivity contribution in [2.45, 2.75) is 30.4 Å². The zero-order valence-corrected chi connectivity index (χ0v) is 11.9. The molecule has 1 rings (SSSR count). The van der Waals surface area contributed by atoms with Crippen LogP contribution in [0.5, 0.6) is 0 Å². The molecular formula is C11H18N2O2S2. The van der Waals surface area contributed by atoms with Gasteiger partial charge < -0.3 is 5.73 Å². The Morgan fingerprint density at radius 2 is 2.00 bits per heavy atom. The number of aromatic nitrogens is 1. The van der Waals surface area contributed by atoms with Crippen molar-refractivity contribution in [1.82, 2.24) is 4.98 Å². The van der Waals surface area contributed by atoms with Crippen LogP contribution in [0, 0.1) is 0 Å². The molecule has 0 saturated heterocycles. The van der Waals surface area contributed by atoms with Crippen LogP contribution in [0.25, 0.3) is 0 Å². The Morgan fingerprint density at radius 1 is 1.35 bits per heavy atom. The minimum Gasteiger partial charge on any atom is -0.384 e. The third-order valence-electron chi connectivity index (χ3n) is 2.31. The minimum absolute atomic E-state index is 0.172. The minimum atomic E-state index is -3.04. The molecule has 1 aromatic rings. The van der Waals surface area contributed by atoms with Crippen molar-refractivity contribution in [3.8, 4) is 0 Å². The molecule has 0 bridgehead atoms. The lowest BCUT2D eigenvalue weighted by Gasteiger charge is -2.18. The molecular weight excluding hydrogens is 256 g/mol. The van der Waals surface area contributed by atoms with E-state index in [1.807, 2.05) is 6.07 Å². The summed E-state index contributed by atoms with van der Waals surface area (Å²) in [4.78, 5) is 4.88. The van der Waals surface area contributed by atoms with Crippen LogP contribution in [-0.2, 0) is 9.84 Å². The standard InChI is InChI=1S/C11H18N2O2S2/c1-11(2,3)17(14,15)7-6-16-9-4-5-10(12)13-8-9/h4-5,8H,6-7H2,1-3H3,(H2,12,13). The van der Waals surface area contributed by atoms with E-state index in [1.54, 1.807) is 33.0 Å². The molecule has 1 aromatic heterocycles. The van der Waals surface area contributed by atoms with Crippen LogP contribution >= 0.6 is 11.8 Å². The van der Waals surface area contributed by atoms with Crippen molar-refractivity contribution in [2.75, 3.05) is 17.2 Å². The predicted octanol–water partition coefficient (Wildman–Crippen LogP) is 1.97. The smallest absolute Gasteiger partial charge is 0.156 e. The van der Waals surface area contributed by atoms with E-state index in [4.69, 9.17) is 5.73 Å². The summed E-state index contributed by atoms with van der Waals surface area (Å²) >= 11 is 1.47. The van der Waals surface area contributed by atoms with E-state index < -0.39 is 14.6 Å². The van der Waals surface area contributed by atoms with Crippen LogP contribution in [0.3, 0.4) is 0 Å². The molecule has 0 spiro atoms. The Kier molecular flexibility index (Phi) is 4.43. The van der Waals surface area contributed by atoms with Gasteiger partial charge in [0.1, 0.15) is 5.82 Å². The molecule has 1 heterocycles. The second kappa shape index (κ2) is 5.27. The molecule has 0 atom stereocenters. The topological polar surface area (TPSA) is 73.0 Å². The third-order valence-corrected chi connectivity index (χ3v) is 6.16. The largest absolute Gasteiger partial charge is 0.384 e. The number of nitrogens with two attached hydrogens (primary N) is 1. The van der Waals surface area contributed by atoms with Crippen LogP contribution in [-0.4, -0.2) is 29.7 Å². The van der Waals surface area contributed by atoms with E-state index in [2.05, 4.69) is 4.98 Å². The summed E-state index contributed by atoms with van der Waals surface area (Å²) < 4.78 is 23.0. The highest BCUT2D eigenvalue weighted by molar-refractivity contribution is 8.01. The number of thioether (sulfide) groups is 1. The van der Waals surface area contributed by atoms with Gasteiger partial charge in [-0.3, -0.25) is 0 Å². The number of rotatable bonds is 4. The average molecular weight is 274 g/mol. The second-order valence-electron chi connectivity index (χ2n) is 4.70. The number of anilines is 1. The Labute approximate surface area is 107 Å². The molecule has 0 unspecified atom stereocenters. The first-order valence-electron chi connectivity index (χ1n) is 5.29. The van der Waals surface area contributed by atoms with Gasteiger partial charge in [0, 0.05) is 16.8 Å². The first-order valence-corrected chi connectivity index (χ1v) is 7.93. The lowest BCUT2D eigenvalue weighted by Crippen LogP contribution is -2.31. The molecule has 0 radical (unpaired) electrons. The summed E-state index contributed by atoms with van der Waals surface area (Å²) in [6.45, 7) is 5.16. The predicted molar refractivity (Wildman–Crippen MR) is 72.9 cm³/mol. The van der Waals surface area contributed by atoms with E-state index in [9.17, 15) is 8.42 Å². The maximum absolute atomic E-state index is 11.8. The molecule has 0 fully saturated rings. The van der Waals surface area contributed by atoms with Crippen LogP contribution < -0.4 is 5.73 Å². The fraction of sp³-hybridized carbons (Fsp3) is 0.545. The van der Waals surface area contributed by atoms with Gasteiger partial charge in [0.25, 0.3) is 0 Å². The van der Waals surface area contributed by atoms with E-state index in [0.29, 0.717) is 11.6 Å². The molecule has 17 heavy (non-hydrogen) atoms. The van der Waals surface area contributed by atoms with Gasteiger partial charge in [-0.15, -0.1) is 11.8 Å². The molecule has 0 saturated carbocycles. The van der Waals surface area contributed by atoms with Gasteiger partial charge in [0.15, 0.2) is 9.84 Å². The van der Waals surface area contributed by atoms with Crippen molar-refractivity contribution in [3.63, 3.8) is 0 Å². The summed E-state index contributed by atoms with van der Waals surface area (Å²) in [7, 11) is -3.04. The number of sulfone groups is 1. The highest BCUT2D eigenvalue weighted by atomic mass is 32.2. The Bertz CT molecular complexity index is 461. The van der Waals surface area contributed by atoms with E-state index in [-0.39, 0.29) is 5.75 Å². The summed E-state index contributed by atoms with van der Waals surface area (Å²) in [5.41, 5.74) is 5.47. The monoisotopic (exact) mass is 274 g/mol. The van der Waals surface area contributed by atoms with Gasteiger partial charge in [0.2, 0.25) is 0 Å². The number of hydrogen-bond acceptors (Lipinski definition) is 5. The third kappa shape index (κ3) is 4.20. The van der Waals surface area contributed by atoms with Crippen LogP contribution in [0.15, 0.2) is 23.2 Å². The van der Waals surface area contributed by atoms with Crippen LogP contribution in [0.4, 0.5) is 5.82 Å². The fourth-order valence-electron chi connectivity index (χ4n) is 1.05. The zero-order chi connectivity index (χ0) is 13.1. The Balaban J connectivity index is 2.52. The highest BCUT2D eigenvalue weighted by Gasteiger charge is 2.28. The van der Waals surface area contributed by atoms with Crippen LogP contribution in [0.1, 0.15) is 20.8 Å². The number of pyridine rings is 1. The van der Waals surface area contributed by atoms with Gasteiger partial charge >= 0.3 is 0 Å². The van der Waals surface area contributed by atoms with Crippen LogP contribution in [0.2, 0.25) is 0 Å². The maximum Gasteiger partial charge on any atom is 0.156 e. The Hall–Kier alpha value is -0.750. The van der Waals surface area contributed by atoms with Gasteiger partial charge in [-0.25, -0.2) is 13.4 Å². The van der Waals surface area contributed by atoms with Gasteiger partial charge in [-0.1, -0.05) is 0 Å². The molecule has 0 aromatic carbocycles. The molecule has 2 N–H and O–H groups in total. The van der Waals surface area contributed by atoms with Crippen molar-refractivity contribution in [2.24, 2.45) is 0 Å². The number of nitrogens with zero attached hydrogens (tertiary/aromatic N) is 1. The fourth-order valence-corrected chi connectivity index (χ4v) is 3.40. The second-order valence-corrected chi connectivity index (χ2v) is 8.73. The van der Waals surface area contributed by atoms with Crippen molar-refractivity contribution in [1.29, 1.82) is 0 Å². The van der Waals surface area contributed by atoms with E-state index >= 15 is 0 Å². The summed E-state index contributed by atoms with van der Waals surface area (Å²) in [6.07, 6.45) is 1.66. The molecule has 96 valence electrons. The zero-order valence-electron chi connectivity index (χ0n) is 10.3. The lowest BCUT2D eigenvalue weighted by molar-refractivity contribution is 0.562. The first-order chi connectivity index (χ1) is 7.72. The van der Waals surface area contributed by atoms with Crippen molar-refractivity contribution in [3.05, 3.63) is 18.3 Å². The molecule has 0 aliphatic rings. The summed E-state index contributed by atoms with van der Waals surface area (Å²) in [6, 6.07) is 3.55. The highest BCUT2D eigenvalue weighted by Crippen LogP contribution is 2.21. The molecule has 6 heteroatoms. The summed E-state index contributed by atoms with van der Waals surface area (Å²) in [5.74, 6) is 1.17. The molecule has 0 aliphatic carbocycles. The quantitative estimate of drug-likeness (QED) is 0.850. The maximum atomic E-state index is 11.8. The van der Waals surface area contributed by atoms with Gasteiger partial charge in [-0.05, 0) is 32.9 Å². The first kappa shape index (κ1) is 14.3. The van der Waals surface area contributed by atoms with E-state index in [1.165, 1.54) is 11.8 Å². The Morgan fingerprint density at radius 3 is 2.47 bits per heavy atom. The van der Waals surface area contributed by atoms with Gasteiger partial charge in [-0.2, -0.15) is 0 Å². The van der Waals surface area contributed by atoms with Gasteiger partial charge in [0.05, 0.1) is 10.5 Å². The SMILES string of the molecule is CC(C)(C)S(=O)(=O)CCSc1ccc(N)nc1. The number of nitrogen functional groups attached to an aromatic ring is 1. The molecule has 0 amide bonds. The average Bonchev–Trinajstić information content (AvgIpc) is 2.19. The van der Waals surface area contributed by atoms with Crippen molar-refractivity contribution >= 4 is 27.4 Å². The number of hydrogen-bond donors (Lipinski definition) is 1. The van der Waals surface area contributed by atoms with E-state index in [0.717, 1.165) is 4.90 Å². The van der Waals surface area contributed by atoms with Crippen molar-refractivity contribution < 1.29 is 8.42 Å². The summed E-state index contributed by atoms with van der Waals surface area (Å²) in [5, 5.41) is 0. The normalized spacial score (nSPS) is 12.6. The molecule has 0 aliphatic heterocycles. The lowest BCUT2D eigenvalue weighted by atomic mass is 10.3.